The SMILES string of the molecule is CCCCCCC(O)CC(C)(C)C(=O)OC(C)(C)C. The molecule has 114 valence electrons. The first-order valence-electron chi connectivity index (χ1n) is 7.50. The summed E-state index contributed by atoms with van der Waals surface area (Å²) >= 11 is 0. The van der Waals surface area contributed by atoms with Crippen molar-refractivity contribution >= 4 is 5.97 Å². The number of ether oxygens (including phenoxy) is 1. The fraction of sp³-hybridized carbons (Fsp3) is 0.938. The van der Waals surface area contributed by atoms with E-state index < -0.39 is 17.1 Å². The Balaban J connectivity index is 4.16. The minimum absolute atomic E-state index is 0.229. The maximum Gasteiger partial charge on any atom is 0.312 e. The third-order valence-corrected chi connectivity index (χ3v) is 3.09. The summed E-state index contributed by atoms with van der Waals surface area (Å²) in [6.45, 7) is 11.4. The highest BCUT2D eigenvalue weighted by Gasteiger charge is 2.34. The highest BCUT2D eigenvalue weighted by molar-refractivity contribution is 5.76. The molecule has 0 aromatic rings. The Labute approximate surface area is 118 Å². The molecule has 0 rings (SSSR count). The van der Waals surface area contributed by atoms with E-state index in [1.54, 1.807) is 0 Å². The van der Waals surface area contributed by atoms with Crippen LogP contribution in [0.2, 0.25) is 0 Å². The van der Waals surface area contributed by atoms with Crippen molar-refractivity contribution in [2.45, 2.75) is 91.8 Å². The fourth-order valence-electron chi connectivity index (χ4n) is 2.00. The third kappa shape index (κ3) is 9.04. The predicted octanol–water partition coefficient (Wildman–Crippen LogP) is 4.08. The minimum Gasteiger partial charge on any atom is -0.460 e. The Hall–Kier alpha value is -0.570. The van der Waals surface area contributed by atoms with Crippen molar-refractivity contribution in [3.05, 3.63) is 0 Å². The quantitative estimate of drug-likeness (QED) is 0.535. The monoisotopic (exact) mass is 272 g/mol. The van der Waals surface area contributed by atoms with E-state index >= 15 is 0 Å². The van der Waals surface area contributed by atoms with Crippen LogP contribution in [-0.4, -0.2) is 22.8 Å². The zero-order chi connectivity index (χ0) is 15.1. The highest BCUT2D eigenvalue weighted by atomic mass is 16.6. The normalized spacial score (nSPS) is 14.3. The number of unbranched alkanes of at least 4 members (excludes halogenated alkanes) is 3. The molecule has 0 aromatic heterocycles. The molecule has 1 unspecified atom stereocenters. The lowest BCUT2D eigenvalue weighted by Gasteiger charge is -2.30. The molecule has 3 heteroatoms. The Morgan fingerprint density at radius 3 is 2.16 bits per heavy atom. The van der Waals surface area contributed by atoms with Gasteiger partial charge in [-0.2, -0.15) is 0 Å². The lowest BCUT2D eigenvalue weighted by atomic mass is 9.85. The van der Waals surface area contributed by atoms with Crippen LogP contribution in [-0.2, 0) is 9.53 Å². The molecule has 0 saturated heterocycles. The third-order valence-electron chi connectivity index (χ3n) is 3.09. The van der Waals surface area contributed by atoms with Crippen LogP contribution in [0.1, 0.15) is 80.1 Å². The van der Waals surface area contributed by atoms with Gasteiger partial charge in [0.25, 0.3) is 0 Å². The van der Waals surface area contributed by atoms with Crippen LogP contribution in [0.25, 0.3) is 0 Å². The van der Waals surface area contributed by atoms with E-state index in [4.69, 9.17) is 4.74 Å². The van der Waals surface area contributed by atoms with Crippen LogP contribution < -0.4 is 0 Å². The molecule has 3 nitrogen and oxygen atoms in total. The van der Waals surface area contributed by atoms with Gasteiger partial charge in [-0.25, -0.2) is 0 Å². The Bertz CT molecular complexity index is 264. The van der Waals surface area contributed by atoms with Gasteiger partial charge in [0, 0.05) is 0 Å². The van der Waals surface area contributed by atoms with Crippen molar-refractivity contribution in [3.63, 3.8) is 0 Å². The molecule has 0 aliphatic rings. The predicted molar refractivity (Wildman–Crippen MR) is 79.0 cm³/mol. The van der Waals surface area contributed by atoms with Gasteiger partial charge < -0.3 is 9.84 Å². The summed E-state index contributed by atoms with van der Waals surface area (Å²) in [6.07, 6.45) is 5.40. The Kier molecular flexibility index (Phi) is 7.65. The smallest absolute Gasteiger partial charge is 0.312 e. The molecule has 1 atom stereocenters. The van der Waals surface area contributed by atoms with Crippen LogP contribution in [0.4, 0.5) is 0 Å². The molecule has 0 heterocycles. The average Bonchev–Trinajstić information content (AvgIpc) is 2.21. The lowest BCUT2D eigenvalue weighted by molar-refractivity contribution is -0.167. The van der Waals surface area contributed by atoms with Crippen molar-refractivity contribution in [1.82, 2.24) is 0 Å². The molecule has 0 amide bonds. The van der Waals surface area contributed by atoms with Gasteiger partial charge >= 0.3 is 5.97 Å². The first-order valence-corrected chi connectivity index (χ1v) is 7.50. The summed E-state index contributed by atoms with van der Waals surface area (Å²) in [7, 11) is 0. The molecular formula is C16H32O3. The summed E-state index contributed by atoms with van der Waals surface area (Å²) in [5, 5.41) is 10.0. The van der Waals surface area contributed by atoms with Crippen LogP contribution in [0.5, 0.6) is 0 Å². The summed E-state index contributed by atoms with van der Waals surface area (Å²) < 4.78 is 5.40. The summed E-state index contributed by atoms with van der Waals surface area (Å²) in [6, 6.07) is 0. The number of hydrogen-bond acceptors (Lipinski definition) is 3. The molecule has 0 bridgehead atoms. The topological polar surface area (TPSA) is 46.5 Å². The lowest BCUT2D eigenvalue weighted by Crippen LogP contribution is -2.36. The van der Waals surface area contributed by atoms with Gasteiger partial charge in [-0.3, -0.25) is 4.79 Å². The van der Waals surface area contributed by atoms with Crippen molar-refractivity contribution in [2.24, 2.45) is 5.41 Å². The molecule has 0 spiro atoms. The zero-order valence-corrected chi connectivity index (χ0v) is 13.6. The van der Waals surface area contributed by atoms with E-state index in [0.29, 0.717) is 6.42 Å². The zero-order valence-electron chi connectivity index (χ0n) is 13.6. The van der Waals surface area contributed by atoms with Gasteiger partial charge in [0.15, 0.2) is 0 Å². The van der Waals surface area contributed by atoms with Gasteiger partial charge in [-0.05, 0) is 47.5 Å². The standard InChI is InChI=1S/C16H32O3/c1-7-8-9-10-11-13(17)12-16(5,6)14(18)19-15(2,3)4/h13,17H,7-12H2,1-6H3. The fourth-order valence-corrected chi connectivity index (χ4v) is 2.00. The van der Waals surface area contributed by atoms with Gasteiger partial charge in [-0.15, -0.1) is 0 Å². The highest BCUT2D eigenvalue weighted by Crippen LogP contribution is 2.28. The van der Waals surface area contributed by atoms with E-state index in [2.05, 4.69) is 6.92 Å². The van der Waals surface area contributed by atoms with E-state index in [1.807, 2.05) is 34.6 Å². The van der Waals surface area contributed by atoms with E-state index in [-0.39, 0.29) is 5.97 Å². The first kappa shape index (κ1) is 18.4. The first-order chi connectivity index (χ1) is 8.58. The Morgan fingerprint density at radius 2 is 1.68 bits per heavy atom. The van der Waals surface area contributed by atoms with Gasteiger partial charge in [0.05, 0.1) is 11.5 Å². The number of carbonyl (C=O) groups is 1. The van der Waals surface area contributed by atoms with Crippen LogP contribution >= 0.6 is 0 Å². The van der Waals surface area contributed by atoms with Crippen molar-refractivity contribution < 1.29 is 14.6 Å². The Morgan fingerprint density at radius 1 is 1.11 bits per heavy atom. The van der Waals surface area contributed by atoms with E-state index in [1.165, 1.54) is 12.8 Å². The van der Waals surface area contributed by atoms with Crippen molar-refractivity contribution in [2.75, 3.05) is 0 Å². The van der Waals surface area contributed by atoms with E-state index in [9.17, 15) is 9.90 Å². The van der Waals surface area contributed by atoms with Gasteiger partial charge in [0.1, 0.15) is 5.60 Å². The molecule has 0 saturated carbocycles. The molecule has 0 aliphatic heterocycles. The molecule has 0 fully saturated rings. The number of esters is 1. The minimum atomic E-state index is -0.628. The molecule has 0 aliphatic carbocycles. The average molecular weight is 272 g/mol. The molecule has 0 aromatic carbocycles. The molecule has 19 heavy (non-hydrogen) atoms. The second-order valence-corrected chi connectivity index (χ2v) is 7.09. The maximum atomic E-state index is 12.1. The molecule has 0 radical (unpaired) electrons. The van der Waals surface area contributed by atoms with Crippen molar-refractivity contribution in [3.8, 4) is 0 Å². The van der Waals surface area contributed by atoms with Crippen molar-refractivity contribution in [1.29, 1.82) is 0 Å². The van der Waals surface area contributed by atoms with Gasteiger partial charge in [-0.1, -0.05) is 32.6 Å². The summed E-state index contributed by atoms with van der Waals surface area (Å²) in [5.74, 6) is -0.229. The number of aliphatic hydroxyl groups excluding tert-OH is 1. The number of carbonyl (C=O) groups excluding carboxylic acids is 1. The second-order valence-electron chi connectivity index (χ2n) is 7.09. The summed E-state index contributed by atoms with van der Waals surface area (Å²) in [4.78, 5) is 12.1. The van der Waals surface area contributed by atoms with Crippen LogP contribution in [0.3, 0.4) is 0 Å². The van der Waals surface area contributed by atoms with Gasteiger partial charge in [0.2, 0.25) is 0 Å². The molecule has 1 N–H and O–H groups in total. The largest absolute Gasteiger partial charge is 0.460 e. The van der Waals surface area contributed by atoms with Crippen LogP contribution in [0.15, 0.2) is 0 Å². The van der Waals surface area contributed by atoms with Crippen LogP contribution in [0, 0.1) is 5.41 Å². The number of aliphatic hydroxyl groups is 1. The number of hydrogen-bond donors (Lipinski definition) is 1. The van der Waals surface area contributed by atoms with E-state index in [0.717, 1.165) is 19.3 Å². The molecular weight excluding hydrogens is 240 g/mol. The summed E-state index contributed by atoms with van der Waals surface area (Å²) in [5.41, 5.74) is -1.10. The maximum absolute atomic E-state index is 12.1. The second kappa shape index (κ2) is 7.88. The number of rotatable bonds is 8.